The first-order valence-electron chi connectivity index (χ1n) is 9.15. The van der Waals surface area contributed by atoms with E-state index in [1.807, 2.05) is 54.6 Å². The molecule has 0 saturated heterocycles. The van der Waals surface area contributed by atoms with Crippen molar-refractivity contribution in [3.05, 3.63) is 83.4 Å². The predicted octanol–water partition coefficient (Wildman–Crippen LogP) is 5.33. The lowest BCUT2D eigenvalue weighted by atomic mass is 9.87. The summed E-state index contributed by atoms with van der Waals surface area (Å²) in [6.45, 7) is 6.63. The quantitative estimate of drug-likeness (QED) is 0.592. The molecule has 0 spiro atoms. The number of carbonyl (C=O) groups excluding carboxylic acids is 2. The van der Waals surface area contributed by atoms with Crippen molar-refractivity contribution in [3.63, 3.8) is 0 Å². The van der Waals surface area contributed by atoms with Crippen LogP contribution in [0.3, 0.4) is 0 Å². The fourth-order valence-electron chi connectivity index (χ4n) is 2.93. The Balaban J connectivity index is 1.63. The number of nitrogens with zero attached hydrogens (tertiary/aromatic N) is 1. The largest absolute Gasteiger partial charge is 0.334 e. The van der Waals surface area contributed by atoms with Crippen LogP contribution in [0.15, 0.2) is 66.7 Å². The molecule has 0 aliphatic rings. The highest BCUT2D eigenvalue weighted by Gasteiger charge is 2.21. The van der Waals surface area contributed by atoms with Gasteiger partial charge in [-0.3, -0.25) is 4.79 Å². The maximum absolute atomic E-state index is 12.5. The average Bonchev–Trinajstić information content (AvgIpc) is 2.70. The Labute approximate surface area is 171 Å². The van der Waals surface area contributed by atoms with Crippen LogP contribution in [0, 0.1) is 0 Å². The van der Waals surface area contributed by atoms with Crippen molar-refractivity contribution < 1.29 is 9.59 Å². The number of amides is 3. The summed E-state index contributed by atoms with van der Waals surface area (Å²) in [6, 6.07) is 20.7. The van der Waals surface area contributed by atoms with E-state index >= 15 is 0 Å². The minimum absolute atomic E-state index is 0.000536. The number of thiol groups is 1. The Morgan fingerprint density at radius 3 is 2.21 bits per heavy atom. The minimum atomic E-state index is -0.554. The van der Waals surface area contributed by atoms with Crippen LogP contribution in [-0.4, -0.2) is 16.2 Å². The average molecular weight is 393 g/mol. The third kappa shape index (κ3) is 4.54. The molecule has 0 radical (unpaired) electrons. The Kier molecular flexibility index (Phi) is 5.75. The van der Waals surface area contributed by atoms with Crippen LogP contribution in [0.2, 0.25) is 0 Å². The van der Waals surface area contributed by atoms with Crippen LogP contribution in [-0.2, 0) is 12.0 Å². The van der Waals surface area contributed by atoms with E-state index in [1.165, 1.54) is 0 Å². The van der Waals surface area contributed by atoms with Gasteiger partial charge in [0.2, 0.25) is 0 Å². The SMILES string of the molecule is CC(C)(C)c1ccc(C(=O)N(S)C(=O)NCc2ccc3ccccc3c2)cc1. The first-order valence-corrected chi connectivity index (χ1v) is 9.55. The standard InChI is InChI=1S/C23H24N2O2S/c1-23(2,3)20-12-10-18(11-13-20)21(26)25(28)22(27)24-15-16-8-9-17-6-4-5-7-19(17)14-16/h4-14,28H,15H2,1-3H3,(H,24,27). The van der Waals surface area contributed by atoms with Gasteiger partial charge < -0.3 is 5.32 Å². The monoisotopic (exact) mass is 392 g/mol. The number of urea groups is 1. The summed E-state index contributed by atoms with van der Waals surface area (Å²) in [4.78, 5) is 24.9. The summed E-state index contributed by atoms with van der Waals surface area (Å²) in [5.41, 5.74) is 2.49. The van der Waals surface area contributed by atoms with Crippen LogP contribution in [0.5, 0.6) is 0 Å². The van der Waals surface area contributed by atoms with E-state index < -0.39 is 11.9 Å². The zero-order valence-electron chi connectivity index (χ0n) is 16.3. The summed E-state index contributed by atoms with van der Waals surface area (Å²) in [5.74, 6) is -0.459. The molecule has 1 N–H and O–H groups in total. The predicted molar refractivity (Wildman–Crippen MR) is 116 cm³/mol. The Morgan fingerprint density at radius 1 is 0.929 bits per heavy atom. The van der Waals surface area contributed by atoms with Crippen molar-refractivity contribution >= 4 is 35.5 Å². The maximum Gasteiger partial charge on any atom is 0.334 e. The summed E-state index contributed by atoms with van der Waals surface area (Å²) >= 11 is 4.09. The van der Waals surface area contributed by atoms with Crippen molar-refractivity contribution in [1.29, 1.82) is 0 Å². The summed E-state index contributed by atoms with van der Waals surface area (Å²) in [7, 11) is 0. The van der Waals surface area contributed by atoms with Crippen LogP contribution in [0.25, 0.3) is 10.8 Å². The molecule has 3 aromatic carbocycles. The normalized spacial score (nSPS) is 11.3. The van der Waals surface area contributed by atoms with Gasteiger partial charge in [-0.15, -0.1) is 0 Å². The highest BCUT2D eigenvalue weighted by Crippen LogP contribution is 2.23. The second-order valence-corrected chi connectivity index (χ2v) is 8.18. The van der Waals surface area contributed by atoms with Gasteiger partial charge in [-0.25, -0.2) is 9.10 Å². The second-order valence-electron chi connectivity index (χ2n) is 7.78. The van der Waals surface area contributed by atoms with E-state index in [0.717, 1.165) is 26.2 Å². The van der Waals surface area contributed by atoms with Gasteiger partial charge in [-0.2, -0.15) is 0 Å². The molecular weight excluding hydrogens is 368 g/mol. The lowest BCUT2D eigenvalue weighted by Gasteiger charge is -2.20. The van der Waals surface area contributed by atoms with Crippen LogP contribution in [0.1, 0.15) is 42.3 Å². The molecule has 0 unspecified atom stereocenters. The highest BCUT2D eigenvalue weighted by molar-refractivity contribution is 7.79. The van der Waals surface area contributed by atoms with Gasteiger partial charge in [0, 0.05) is 12.1 Å². The minimum Gasteiger partial charge on any atom is -0.333 e. The highest BCUT2D eigenvalue weighted by atomic mass is 32.1. The van der Waals surface area contributed by atoms with Crippen molar-refractivity contribution in [2.75, 3.05) is 0 Å². The molecule has 0 bridgehead atoms. The van der Waals surface area contributed by atoms with Crippen molar-refractivity contribution in [2.45, 2.75) is 32.7 Å². The lowest BCUT2D eigenvalue weighted by Crippen LogP contribution is -2.37. The molecule has 0 fully saturated rings. The maximum atomic E-state index is 12.5. The van der Waals surface area contributed by atoms with E-state index in [0.29, 0.717) is 12.1 Å². The number of rotatable bonds is 3. The Bertz CT molecular complexity index is 1010. The van der Waals surface area contributed by atoms with Gasteiger partial charge in [0.05, 0.1) is 0 Å². The van der Waals surface area contributed by atoms with Crippen molar-refractivity contribution in [1.82, 2.24) is 9.62 Å². The smallest absolute Gasteiger partial charge is 0.333 e. The molecule has 3 amide bonds. The number of hydrogen-bond acceptors (Lipinski definition) is 3. The molecule has 0 aliphatic heterocycles. The molecule has 5 heteroatoms. The number of carbonyl (C=O) groups is 2. The zero-order chi connectivity index (χ0) is 20.3. The number of imide groups is 1. The van der Waals surface area contributed by atoms with E-state index in [2.05, 4.69) is 38.9 Å². The molecule has 3 rings (SSSR count). The summed E-state index contributed by atoms with van der Waals surface area (Å²) in [6.07, 6.45) is 0. The molecule has 3 aromatic rings. The number of hydrogen-bond donors (Lipinski definition) is 2. The molecule has 0 aliphatic carbocycles. The summed E-state index contributed by atoms with van der Waals surface area (Å²) < 4.78 is 0.813. The molecule has 144 valence electrons. The number of nitrogens with one attached hydrogen (secondary N) is 1. The second kappa shape index (κ2) is 8.07. The van der Waals surface area contributed by atoms with E-state index in [9.17, 15) is 9.59 Å². The summed E-state index contributed by atoms with van der Waals surface area (Å²) in [5, 5.41) is 4.98. The topological polar surface area (TPSA) is 49.4 Å². The first kappa shape index (κ1) is 20.0. The fourth-order valence-corrected chi connectivity index (χ4v) is 3.11. The van der Waals surface area contributed by atoms with Gasteiger partial charge in [-0.05, 0) is 45.5 Å². The number of benzene rings is 3. The van der Waals surface area contributed by atoms with Crippen LogP contribution >= 0.6 is 12.8 Å². The van der Waals surface area contributed by atoms with Crippen molar-refractivity contribution in [2.24, 2.45) is 0 Å². The van der Waals surface area contributed by atoms with Gasteiger partial charge in [0.1, 0.15) is 0 Å². The molecule has 0 saturated carbocycles. The molecule has 0 heterocycles. The van der Waals surface area contributed by atoms with E-state index in [1.54, 1.807) is 12.1 Å². The van der Waals surface area contributed by atoms with E-state index in [4.69, 9.17) is 0 Å². The third-order valence-electron chi connectivity index (χ3n) is 4.64. The van der Waals surface area contributed by atoms with Crippen molar-refractivity contribution in [3.8, 4) is 0 Å². The molecule has 28 heavy (non-hydrogen) atoms. The molecular formula is C23H24N2O2S. The van der Waals surface area contributed by atoms with E-state index in [-0.39, 0.29) is 5.41 Å². The molecule has 4 nitrogen and oxygen atoms in total. The zero-order valence-corrected chi connectivity index (χ0v) is 17.2. The van der Waals surface area contributed by atoms with Gasteiger partial charge >= 0.3 is 6.03 Å². The van der Waals surface area contributed by atoms with Gasteiger partial charge in [-0.1, -0.05) is 82.1 Å². The Morgan fingerprint density at radius 2 is 1.57 bits per heavy atom. The third-order valence-corrected chi connectivity index (χ3v) is 5.00. The molecule has 0 aromatic heterocycles. The van der Waals surface area contributed by atoms with Gasteiger partial charge in [0.25, 0.3) is 5.91 Å². The Hall–Kier alpha value is -2.79. The van der Waals surface area contributed by atoms with Gasteiger partial charge in [0.15, 0.2) is 0 Å². The van der Waals surface area contributed by atoms with Crippen LogP contribution in [0.4, 0.5) is 4.79 Å². The lowest BCUT2D eigenvalue weighted by molar-refractivity contribution is 0.0895. The number of fused-ring (bicyclic) bond motifs is 1. The van der Waals surface area contributed by atoms with Crippen LogP contribution < -0.4 is 5.32 Å². The fraction of sp³-hybridized carbons (Fsp3) is 0.217. The first-order chi connectivity index (χ1) is 13.3. The molecule has 0 atom stereocenters.